The summed E-state index contributed by atoms with van der Waals surface area (Å²) in [7, 11) is 0. The normalized spacial score (nSPS) is 15.8. The number of benzene rings is 1. The fraction of sp³-hybridized carbons (Fsp3) is 0.500. The minimum atomic E-state index is 0.0522. The number of ether oxygens (including phenoxy) is 1. The SMILES string of the molecule is CCCC(C)Oc1nc(N)c2cnn(Cc3ccc(CN4CCCC4)cc3)c2n1. The number of hydrogen-bond acceptors (Lipinski definition) is 6. The second kappa shape index (κ2) is 8.78. The Morgan fingerprint density at radius 1 is 1.07 bits per heavy atom. The van der Waals surface area contributed by atoms with Gasteiger partial charge in [-0.15, -0.1) is 0 Å². The molecule has 0 aliphatic carbocycles. The Morgan fingerprint density at radius 3 is 2.45 bits per heavy atom. The van der Waals surface area contributed by atoms with Gasteiger partial charge >= 0.3 is 6.01 Å². The van der Waals surface area contributed by atoms with Crippen LogP contribution in [0.2, 0.25) is 0 Å². The Bertz CT molecular complexity index is 946. The van der Waals surface area contributed by atoms with Crippen LogP contribution in [0.15, 0.2) is 30.5 Å². The minimum absolute atomic E-state index is 0.0522. The molecule has 29 heavy (non-hydrogen) atoms. The number of nitrogens with two attached hydrogens (primary N) is 1. The Labute approximate surface area is 171 Å². The summed E-state index contributed by atoms with van der Waals surface area (Å²) in [5.74, 6) is 0.404. The van der Waals surface area contributed by atoms with Gasteiger partial charge in [0.15, 0.2) is 5.65 Å². The molecule has 7 nitrogen and oxygen atoms in total. The van der Waals surface area contributed by atoms with Gasteiger partial charge in [0.05, 0.1) is 24.2 Å². The van der Waals surface area contributed by atoms with Crippen molar-refractivity contribution in [1.29, 1.82) is 0 Å². The molecule has 1 aliphatic heterocycles. The van der Waals surface area contributed by atoms with Gasteiger partial charge in [-0.3, -0.25) is 4.90 Å². The third-order valence-corrected chi connectivity index (χ3v) is 5.47. The fourth-order valence-electron chi connectivity index (χ4n) is 3.89. The van der Waals surface area contributed by atoms with E-state index in [1.54, 1.807) is 6.20 Å². The van der Waals surface area contributed by atoms with Crippen LogP contribution in [0.3, 0.4) is 0 Å². The quantitative estimate of drug-likeness (QED) is 0.628. The number of fused-ring (bicyclic) bond motifs is 1. The van der Waals surface area contributed by atoms with E-state index in [9.17, 15) is 0 Å². The highest BCUT2D eigenvalue weighted by Crippen LogP contribution is 2.22. The van der Waals surface area contributed by atoms with Gasteiger partial charge in [0.25, 0.3) is 0 Å². The molecule has 0 saturated carbocycles. The molecule has 0 spiro atoms. The van der Waals surface area contributed by atoms with E-state index in [4.69, 9.17) is 10.5 Å². The van der Waals surface area contributed by atoms with E-state index in [2.05, 4.69) is 51.2 Å². The summed E-state index contributed by atoms with van der Waals surface area (Å²) in [6, 6.07) is 9.08. The van der Waals surface area contributed by atoms with Crippen LogP contribution in [0.5, 0.6) is 6.01 Å². The summed E-state index contributed by atoms with van der Waals surface area (Å²) in [6.45, 7) is 8.24. The van der Waals surface area contributed by atoms with Crippen molar-refractivity contribution < 1.29 is 4.74 Å². The highest BCUT2D eigenvalue weighted by Gasteiger charge is 2.15. The second-order valence-electron chi connectivity index (χ2n) is 7.95. The third-order valence-electron chi connectivity index (χ3n) is 5.47. The molecule has 0 amide bonds. The van der Waals surface area contributed by atoms with E-state index in [-0.39, 0.29) is 6.10 Å². The zero-order chi connectivity index (χ0) is 20.2. The summed E-state index contributed by atoms with van der Waals surface area (Å²) < 4.78 is 7.71. The van der Waals surface area contributed by atoms with Crippen molar-refractivity contribution in [3.05, 3.63) is 41.6 Å². The second-order valence-corrected chi connectivity index (χ2v) is 7.95. The number of aromatic nitrogens is 4. The van der Waals surface area contributed by atoms with Crippen molar-refractivity contribution in [3.8, 4) is 6.01 Å². The van der Waals surface area contributed by atoms with Crippen LogP contribution in [0.25, 0.3) is 11.0 Å². The molecule has 1 atom stereocenters. The standard InChI is InChI=1S/C22H30N6O/c1-3-6-16(2)29-22-25-20(23)19-13-24-28(21(19)26-22)15-18-9-7-17(8-10-18)14-27-11-4-5-12-27/h7-10,13,16H,3-6,11-12,14-15H2,1-2H3,(H2,23,25,26). The van der Waals surface area contributed by atoms with Crippen LogP contribution in [0, 0.1) is 0 Å². The molecule has 1 aliphatic rings. The molecule has 0 radical (unpaired) electrons. The molecule has 2 aromatic heterocycles. The smallest absolute Gasteiger partial charge is 0.320 e. The molecular formula is C22H30N6O. The Morgan fingerprint density at radius 2 is 1.76 bits per heavy atom. The number of likely N-dealkylation sites (tertiary alicyclic amines) is 1. The summed E-state index contributed by atoms with van der Waals surface area (Å²) in [6.07, 6.45) is 6.41. The number of hydrogen-bond donors (Lipinski definition) is 1. The van der Waals surface area contributed by atoms with Crippen molar-refractivity contribution in [1.82, 2.24) is 24.6 Å². The summed E-state index contributed by atoms with van der Waals surface area (Å²) in [5, 5.41) is 5.24. The Hall–Kier alpha value is -2.67. The lowest BCUT2D eigenvalue weighted by atomic mass is 10.1. The molecule has 3 heterocycles. The van der Waals surface area contributed by atoms with Gasteiger partial charge in [-0.05, 0) is 50.4 Å². The van der Waals surface area contributed by atoms with Gasteiger partial charge in [0, 0.05) is 6.54 Å². The lowest BCUT2D eigenvalue weighted by Crippen LogP contribution is -2.18. The predicted molar refractivity (Wildman–Crippen MR) is 115 cm³/mol. The molecule has 1 fully saturated rings. The Balaban J connectivity index is 1.50. The summed E-state index contributed by atoms with van der Waals surface area (Å²) in [4.78, 5) is 11.4. The fourth-order valence-corrected chi connectivity index (χ4v) is 3.89. The lowest BCUT2D eigenvalue weighted by Gasteiger charge is -2.15. The van der Waals surface area contributed by atoms with Crippen molar-refractivity contribution in [3.63, 3.8) is 0 Å². The molecule has 154 valence electrons. The molecule has 1 unspecified atom stereocenters. The third kappa shape index (κ3) is 4.67. The molecule has 1 saturated heterocycles. The maximum atomic E-state index is 6.12. The maximum absolute atomic E-state index is 6.12. The average molecular weight is 395 g/mol. The van der Waals surface area contributed by atoms with Gasteiger partial charge in [0.1, 0.15) is 5.82 Å². The van der Waals surface area contributed by atoms with Crippen LogP contribution in [-0.4, -0.2) is 43.8 Å². The van der Waals surface area contributed by atoms with E-state index < -0.39 is 0 Å². The number of rotatable bonds is 8. The monoisotopic (exact) mass is 394 g/mol. The van der Waals surface area contributed by atoms with Gasteiger partial charge in [-0.1, -0.05) is 37.6 Å². The van der Waals surface area contributed by atoms with Crippen LogP contribution >= 0.6 is 0 Å². The topological polar surface area (TPSA) is 82.1 Å². The molecular weight excluding hydrogens is 364 g/mol. The number of anilines is 1. The van der Waals surface area contributed by atoms with Gasteiger partial charge in [-0.25, -0.2) is 4.68 Å². The zero-order valence-corrected chi connectivity index (χ0v) is 17.3. The van der Waals surface area contributed by atoms with E-state index >= 15 is 0 Å². The number of nitrogen functional groups attached to an aromatic ring is 1. The molecule has 1 aromatic carbocycles. The minimum Gasteiger partial charge on any atom is -0.460 e. The maximum Gasteiger partial charge on any atom is 0.320 e. The molecule has 0 bridgehead atoms. The first kappa shape index (κ1) is 19.6. The highest BCUT2D eigenvalue weighted by atomic mass is 16.5. The van der Waals surface area contributed by atoms with Crippen molar-refractivity contribution >= 4 is 16.9 Å². The van der Waals surface area contributed by atoms with E-state index in [1.807, 2.05) is 11.6 Å². The summed E-state index contributed by atoms with van der Waals surface area (Å²) in [5.41, 5.74) is 9.36. The molecule has 7 heteroatoms. The average Bonchev–Trinajstić information content (AvgIpc) is 3.34. The summed E-state index contributed by atoms with van der Waals surface area (Å²) >= 11 is 0. The highest BCUT2D eigenvalue weighted by molar-refractivity contribution is 5.85. The van der Waals surface area contributed by atoms with Crippen LogP contribution < -0.4 is 10.5 Å². The lowest BCUT2D eigenvalue weighted by molar-refractivity contribution is 0.193. The van der Waals surface area contributed by atoms with E-state index in [1.165, 1.54) is 37.1 Å². The van der Waals surface area contributed by atoms with Crippen molar-refractivity contribution in [2.45, 2.75) is 58.7 Å². The predicted octanol–water partition coefficient (Wildman–Crippen LogP) is 3.62. The largest absolute Gasteiger partial charge is 0.460 e. The van der Waals surface area contributed by atoms with E-state index in [0.717, 1.165) is 24.8 Å². The first-order valence-electron chi connectivity index (χ1n) is 10.6. The van der Waals surface area contributed by atoms with Gasteiger partial charge < -0.3 is 10.5 Å². The van der Waals surface area contributed by atoms with E-state index in [0.29, 0.717) is 24.0 Å². The molecule has 3 aromatic rings. The van der Waals surface area contributed by atoms with Crippen LogP contribution in [0.4, 0.5) is 5.82 Å². The van der Waals surface area contributed by atoms with Crippen molar-refractivity contribution in [2.24, 2.45) is 0 Å². The van der Waals surface area contributed by atoms with Crippen LogP contribution in [0.1, 0.15) is 50.7 Å². The van der Waals surface area contributed by atoms with Crippen LogP contribution in [-0.2, 0) is 13.1 Å². The zero-order valence-electron chi connectivity index (χ0n) is 17.3. The molecule has 2 N–H and O–H groups in total. The van der Waals surface area contributed by atoms with Gasteiger partial charge in [-0.2, -0.15) is 15.1 Å². The Kier molecular flexibility index (Phi) is 5.94. The van der Waals surface area contributed by atoms with Crippen molar-refractivity contribution in [2.75, 3.05) is 18.8 Å². The first-order valence-corrected chi connectivity index (χ1v) is 10.6. The molecule has 4 rings (SSSR count). The van der Waals surface area contributed by atoms with Gasteiger partial charge in [0.2, 0.25) is 0 Å². The number of nitrogens with zero attached hydrogens (tertiary/aromatic N) is 5. The first-order chi connectivity index (χ1) is 14.1.